The lowest BCUT2D eigenvalue weighted by atomic mass is 10.0. The topological polar surface area (TPSA) is 98.5 Å². The van der Waals surface area contributed by atoms with Gasteiger partial charge >= 0.3 is 5.76 Å². The molecule has 0 aromatic heterocycles. The first kappa shape index (κ1) is 17.5. The normalized spacial score (nSPS) is 18.8. The summed E-state index contributed by atoms with van der Waals surface area (Å²) in [5, 5.41) is 13.9. The molecular weight excluding hydrogens is 334 g/mol. The van der Waals surface area contributed by atoms with Crippen LogP contribution in [0.25, 0.3) is 0 Å². The molecule has 128 valence electrons. The van der Waals surface area contributed by atoms with Gasteiger partial charge in [-0.2, -0.15) is 8.78 Å². The number of ether oxygens (including phenoxy) is 1. The second kappa shape index (κ2) is 7.18. The number of rotatable bonds is 6. The van der Waals surface area contributed by atoms with Crippen molar-refractivity contribution in [2.45, 2.75) is 23.5 Å². The molecule has 1 fully saturated rings. The highest BCUT2D eigenvalue weighted by molar-refractivity contribution is 7.91. The van der Waals surface area contributed by atoms with Crippen LogP contribution in [0, 0.1) is 16.0 Å². The zero-order chi connectivity index (χ0) is 17.0. The maximum absolute atomic E-state index is 12.5. The van der Waals surface area contributed by atoms with E-state index in [2.05, 4.69) is 5.32 Å². The van der Waals surface area contributed by atoms with E-state index in [1.165, 1.54) is 0 Å². The van der Waals surface area contributed by atoms with Crippen LogP contribution in [0.15, 0.2) is 23.1 Å². The molecule has 0 spiro atoms. The monoisotopic (exact) mass is 350 g/mol. The summed E-state index contributed by atoms with van der Waals surface area (Å²) in [6.07, 6.45) is 1.82. The summed E-state index contributed by atoms with van der Waals surface area (Å²) < 4.78 is 53.2. The van der Waals surface area contributed by atoms with E-state index < -0.39 is 31.1 Å². The number of anilines is 1. The van der Waals surface area contributed by atoms with E-state index in [-0.39, 0.29) is 11.6 Å². The number of nitrogens with zero attached hydrogens (tertiary/aromatic N) is 1. The number of hydrogen-bond donors (Lipinski definition) is 1. The molecule has 7 nitrogen and oxygen atoms in total. The fourth-order valence-electron chi connectivity index (χ4n) is 2.31. The van der Waals surface area contributed by atoms with E-state index in [9.17, 15) is 27.3 Å². The Kier molecular flexibility index (Phi) is 5.47. The maximum Gasteiger partial charge on any atom is 0.341 e. The van der Waals surface area contributed by atoms with Gasteiger partial charge < -0.3 is 10.1 Å². The number of sulfone groups is 1. The van der Waals surface area contributed by atoms with Crippen LogP contribution in [0.1, 0.15) is 12.8 Å². The van der Waals surface area contributed by atoms with Crippen molar-refractivity contribution in [3.63, 3.8) is 0 Å². The Morgan fingerprint density at radius 1 is 1.43 bits per heavy atom. The molecule has 1 heterocycles. The lowest BCUT2D eigenvalue weighted by molar-refractivity contribution is -0.384. The minimum atomic E-state index is -4.87. The molecule has 10 heteroatoms. The zero-order valence-corrected chi connectivity index (χ0v) is 12.9. The van der Waals surface area contributed by atoms with Crippen LogP contribution in [0.4, 0.5) is 20.2 Å². The minimum absolute atomic E-state index is 0.0915. The van der Waals surface area contributed by atoms with Crippen molar-refractivity contribution in [3.05, 3.63) is 28.3 Å². The second-order valence-corrected chi connectivity index (χ2v) is 7.12. The number of hydrogen-bond acceptors (Lipinski definition) is 6. The van der Waals surface area contributed by atoms with E-state index in [4.69, 9.17) is 4.74 Å². The predicted octanol–water partition coefficient (Wildman–Crippen LogP) is 2.43. The van der Waals surface area contributed by atoms with Gasteiger partial charge in [0.1, 0.15) is 5.69 Å². The number of nitrogens with one attached hydrogen (secondary N) is 1. The first-order chi connectivity index (χ1) is 10.8. The van der Waals surface area contributed by atoms with Gasteiger partial charge in [0.15, 0.2) is 0 Å². The van der Waals surface area contributed by atoms with E-state index in [1.54, 1.807) is 0 Å². The van der Waals surface area contributed by atoms with Gasteiger partial charge in [0.2, 0.25) is 9.84 Å². The van der Waals surface area contributed by atoms with Gasteiger partial charge in [-0.3, -0.25) is 10.1 Å². The Bertz CT molecular complexity index is 675. The lowest BCUT2D eigenvalue weighted by Crippen LogP contribution is -2.24. The highest BCUT2D eigenvalue weighted by atomic mass is 32.2. The molecule has 0 saturated carbocycles. The van der Waals surface area contributed by atoms with Gasteiger partial charge in [0.05, 0.1) is 16.4 Å². The third-order valence-corrected chi connectivity index (χ3v) is 4.94. The molecule has 0 bridgehead atoms. The zero-order valence-electron chi connectivity index (χ0n) is 12.1. The number of halogens is 2. The molecule has 1 N–H and O–H groups in total. The molecule has 1 atom stereocenters. The average molecular weight is 350 g/mol. The van der Waals surface area contributed by atoms with Crippen molar-refractivity contribution in [2.24, 2.45) is 5.92 Å². The van der Waals surface area contributed by atoms with Gasteiger partial charge in [-0.1, -0.05) is 0 Å². The van der Waals surface area contributed by atoms with Crippen LogP contribution in [0.3, 0.4) is 0 Å². The van der Waals surface area contributed by atoms with Gasteiger partial charge in [-0.25, -0.2) is 8.42 Å². The number of nitro groups is 1. The van der Waals surface area contributed by atoms with Crippen molar-refractivity contribution in [1.29, 1.82) is 0 Å². The smallest absolute Gasteiger partial charge is 0.341 e. The van der Waals surface area contributed by atoms with Gasteiger partial charge in [0, 0.05) is 19.2 Å². The summed E-state index contributed by atoms with van der Waals surface area (Å²) in [5.41, 5.74) is -0.461. The van der Waals surface area contributed by atoms with Crippen molar-refractivity contribution in [3.8, 4) is 0 Å². The fourth-order valence-corrected chi connectivity index (χ4v) is 3.05. The molecule has 1 saturated heterocycles. The third-order valence-electron chi connectivity index (χ3n) is 3.56. The molecule has 1 aliphatic rings. The molecule has 0 radical (unpaired) electrons. The van der Waals surface area contributed by atoms with E-state index in [0.717, 1.165) is 25.0 Å². The van der Waals surface area contributed by atoms with Crippen LogP contribution >= 0.6 is 0 Å². The fraction of sp³-hybridized carbons (Fsp3) is 0.538. The lowest BCUT2D eigenvalue weighted by Gasteiger charge is -2.22. The number of nitro benzene ring substituents is 1. The Morgan fingerprint density at radius 3 is 2.74 bits per heavy atom. The van der Waals surface area contributed by atoms with Crippen LogP contribution in [-0.4, -0.2) is 38.9 Å². The largest absolute Gasteiger partial charge is 0.381 e. The molecule has 1 aliphatic heterocycles. The molecule has 0 amide bonds. The standard InChI is InChI=1S/C13H16F2N2O5S/c14-13(15)23(20,21)10-3-4-11(12(6-10)17(18)19)16-7-9-2-1-5-22-8-9/h3-4,6,9,13,16H,1-2,5,7-8H2. The Hall–Kier alpha value is -1.81. The van der Waals surface area contributed by atoms with Crippen LogP contribution in [0.2, 0.25) is 0 Å². The number of alkyl halides is 2. The van der Waals surface area contributed by atoms with Crippen LogP contribution < -0.4 is 5.32 Å². The number of benzene rings is 1. The minimum Gasteiger partial charge on any atom is -0.381 e. The van der Waals surface area contributed by atoms with Crippen LogP contribution in [-0.2, 0) is 14.6 Å². The average Bonchev–Trinajstić information content (AvgIpc) is 2.53. The Labute approximate surface area is 131 Å². The van der Waals surface area contributed by atoms with Gasteiger partial charge in [0.25, 0.3) is 5.69 Å². The van der Waals surface area contributed by atoms with Crippen molar-refractivity contribution in [1.82, 2.24) is 0 Å². The quantitative estimate of drug-likeness (QED) is 0.625. The van der Waals surface area contributed by atoms with Crippen molar-refractivity contribution in [2.75, 3.05) is 25.1 Å². The second-order valence-electron chi connectivity index (χ2n) is 5.21. The Balaban J connectivity index is 2.21. The van der Waals surface area contributed by atoms with Gasteiger partial charge in [-0.15, -0.1) is 0 Å². The summed E-state index contributed by atoms with van der Waals surface area (Å²) in [6.45, 7) is 1.65. The van der Waals surface area contributed by atoms with Crippen LogP contribution in [0.5, 0.6) is 0 Å². The predicted molar refractivity (Wildman–Crippen MR) is 78.3 cm³/mol. The highest BCUT2D eigenvalue weighted by Gasteiger charge is 2.29. The molecular formula is C13H16F2N2O5S. The molecule has 23 heavy (non-hydrogen) atoms. The van der Waals surface area contributed by atoms with E-state index in [0.29, 0.717) is 25.8 Å². The van der Waals surface area contributed by atoms with E-state index in [1.807, 2.05) is 0 Å². The summed E-state index contributed by atoms with van der Waals surface area (Å²) in [6, 6.07) is 2.73. The van der Waals surface area contributed by atoms with E-state index >= 15 is 0 Å². The molecule has 2 rings (SSSR count). The SMILES string of the molecule is O=[N+]([O-])c1cc(S(=O)(=O)C(F)F)ccc1NCC1CCCOC1. The maximum atomic E-state index is 12.5. The summed E-state index contributed by atoms with van der Waals surface area (Å²) in [7, 11) is -4.87. The third kappa shape index (κ3) is 4.14. The van der Waals surface area contributed by atoms with Crippen molar-refractivity contribution >= 4 is 21.2 Å². The van der Waals surface area contributed by atoms with Crippen molar-refractivity contribution < 1.29 is 26.9 Å². The molecule has 0 aliphatic carbocycles. The summed E-state index contributed by atoms with van der Waals surface area (Å²) in [5.74, 6) is -3.44. The molecule has 1 aromatic carbocycles. The summed E-state index contributed by atoms with van der Waals surface area (Å²) >= 11 is 0. The molecule has 1 aromatic rings. The highest BCUT2D eigenvalue weighted by Crippen LogP contribution is 2.30. The molecule has 1 unspecified atom stereocenters. The first-order valence-electron chi connectivity index (χ1n) is 6.94. The summed E-state index contributed by atoms with van der Waals surface area (Å²) in [4.78, 5) is 9.51. The van der Waals surface area contributed by atoms with Gasteiger partial charge in [-0.05, 0) is 30.9 Å². The Morgan fingerprint density at radius 2 is 2.17 bits per heavy atom. The first-order valence-corrected chi connectivity index (χ1v) is 8.49.